The monoisotopic (exact) mass is 317 g/mol. The van der Waals surface area contributed by atoms with Crippen molar-refractivity contribution in [3.8, 4) is 0 Å². The molecule has 1 N–H and O–H groups in total. The molecule has 0 aliphatic carbocycles. The van der Waals surface area contributed by atoms with Crippen LogP contribution in [0, 0.1) is 5.92 Å². The van der Waals surface area contributed by atoms with Crippen LogP contribution < -0.4 is 5.32 Å². The van der Waals surface area contributed by atoms with Crippen LogP contribution in [0.1, 0.15) is 26.7 Å². The number of hydrogen-bond donors (Lipinski definition) is 1. The Bertz CT molecular complexity index is 522. The molecule has 0 atom stereocenters. The van der Waals surface area contributed by atoms with Crippen molar-refractivity contribution >= 4 is 17.5 Å². The molecule has 0 bridgehead atoms. The summed E-state index contributed by atoms with van der Waals surface area (Å²) in [7, 11) is 1.84. The minimum absolute atomic E-state index is 0.0318. The number of anilines is 1. The van der Waals surface area contributed by atoms with Gasteiger partial charge in [-0.2, -0.15) is 0 Å². The Morgan fingerprint density at radius 2 is 1.83 bits per heavy atom. The van der Waals surface area contributed by atoms with E-state index in [1.807, 2.05) is 51.2 Å². The second kappa shape index (κ2) is 8.11. The number of hydrogen-bond acceptors (Lipinski definition) is 3. The van der Waals surface area contributed by atoms with Crippen LogP contribution in [0.3, 0.4) is 0 Å². The molecule has 1 saturated heterocycles. The van der Waals surface area contributed by atoms with E-state index in [1.165, 1.54) is 0 Å². The van der Waals surface area contributed by atoms with Crippen LogP contribution in [0.15, 0.2) is 30.3 Å². The van der Waals surface area contributed by atoms with Crippen molar-refractivity contribution in [1.29, 1.82) is 0 Å². The quantitative estimate of drug-likeness (QED) is 0.906. The molecular formula is C18H27N3O2. The van der Waals surface area contributed by atoms with Gasteiger partial charge in [0.05, 0.1) is 6.54 Å². The highest BCUT2D eigenvalue weighted by molar-refractivity contribution is 5.92. The molecule has 23 heavy (non-hydrogen) atoms. The smallest absolute Gasteiger partial charge is 0.236 e. The number of nitrogens with zero attached hydrogens (tertiary/aromatic N) is 2. The Morgan fingerprint density at radius 1 is 1.22 bits per heavy atom. The van der Waals surface area contributed by atoms with Gasteiger partial charge in [0.15, 0.2) is 0 Å². The molecule has 1 fully saturated rings. The lowest BCUT2D eigenvalue weighted by Gasteiger charge is -2.32. The Labute approximate surface area is 138 Å². The number of nitrogens with one attached hydrogen (secondary N) is 1. The maximum atomic E-state index is 12.3. The summed E-state index contributed by atoms with van der Waals surface area (Å²) < 4.78 is 0. The molecule has 0 unspecified atom stereocenters. The first-order valence-electron chi connectivity index (χ1n) is 8.31. The highest BCUT2D eigenvalue weighted by Gasteiger charge is 2.26. The van der Waals surface area contributed by atoms with Crippen molar-refractivity contribution in [2.45, 2.75) is 32.7 Å². The molecule has 5 heteroatoms. The summed E-state index contributed by atoms with van der Waals surface area (Å²) in [5.41, 5.74) is 0.841. The first-order chi connectivity index (χ1) is 11.0. The lowest BCUT2D eigenvalue weighted by molar-refractivity contribution is -0.133. The molecule has 1 heterocycles. The zero-order chi connectivity index (χ0) is 16.8. The van der Waals surface area contributed by atoms with Gasteiger partial charge in [0.1, 0.15) is 0 Å². The van der Waals surface area contributed by atoms with E-state index in [0.29, 0.717) is 6.54 Å². The zero-order valence-corrected chi connectivity index (χ0v) is 14.3. The number of amides is 2. The molecule has 2 rings (SSSR count). The standard InChI is InChI=1S/C18H27N3O2/c1-14(2)20(3)17(22)13-21-11-9-15(10-12-21)18(23)19-16-7-5-4-6-8-16/h4-8,14-15H,9-13H2,1-3H3,(H,19,23). The van der Waals surface area contributed by atoms with Crippen molar-refractivity contribution in [2.75, 3.05) is 32.0 Å². The van der Waals surface area contributed by atoms with Crippen molar-refractivity contribution in [3.05, 3.63) is 30.3 Å². The molecule has 5 nitrogen and oxygen atoms in total. The van der Waals surface area contributed by atoms with Crippen molar-refractivity contribution < 1.29 is 9.59 Å². The first-order valence-corrected chi connectivity index (χ1v) is 8.31. The van der Waals surface area contributed by atoms with E-state index in [4.69, 9.17) is 0 Å². The minimum atomic E-state index is 0.0318. The third-order valence-electron chi connectivity index (χ3n) is 4.53. The van der Waals surface area contributed by atoms with E-state index in [0.717, 1.165) is 31.6 Å². The van der Waals surface area contributed by atoms with Crippen LogP contribution in [0.25, 0.3) is 0 Å². The van der Waals surface area contributed by atoms with E-state index >= 15 is 0 Å². The lowest BCUT2D eigenvalue weighted by Crippen LogP contribution is -2.45. The summed E-state index contributed by atoms with van der Waals surface area (Å²) >= 11 is 0. The highest BCUT2D eigenvalue weighted by Crippen LogP contribution is 2.19. The number of carbonyl (C=O) groups excluding carboxylic acids is 2. The minimum Gasteiger partial charge on any atom is -0.342 e. The van der Waals surface area contributed by atoms with E-state index in [9.17, 15) is 9.59 Å². The van der Waals surface area contributed by atoms with Gasteiger partial charge in [-0.05, 0) is 51.9 Å². The number of para-hydroxylation sites is 1. The largest absolute Gasteiger partial charge is 0.342 e. The fraction of sp³-hybridized carbons (Fsp3) is 0.556. The van der Waals surface area contributed by atoms with Crippen molar-refractivity contribution in [3.63, 3.8) is 0 Å². The Hall–Kier alpha value is -1.88. The molecule has 1 aliphatic rings. The summed E-state index contributed by atoms with van der Waals surface area (Å²) in [4.78, 5) is 28.3. The Morgan fingerprint density at radius 3 is 2.39 bits per heavy atom. The summed E-state index contributed by atoms with van der Waals surface area (Å²) in [6, 6.07) is 9.77. The predicted molar refractivity (Wildman–Crippen MR) is 92.1 cm³/mol. The third kappa shape index (κ3) is 5.06. The predicted octanol–water partition coefficient (Wildman–Crippen LogP) is 2.20. The van der Waals surface area contributed by atoms with E-state index in [2.05, 4.69) is 10.2 Å². The fourth-order valence-electron chi connectivity index (χ4n) is 2.71. The number of carbonyl (C=O) groups is 2. The maximum absolute atomic E-state index is 12.3. The fourth-order valence-corrected chi connectivity index (χ4v) is 2.71. The number of piperidine rings is 1. The molecule has 0 saturated carbocycles. The van der Waals surface area contributed by atoms with Crippen LogP contribution >= 0.6 is 0 Å². The number of likely N-dealkylation sites (tertiary alicyclic amines) is 1. The number of likely N-dealkylation sites (N-methyl/N-ethyl adjacent to an activating group) is 1. The van der Waals surface area contributed by atoms with Crippen LogP contribution in [0.4, 0.5) is 5.69 Å². The van der Waals surface area contributed by atoms with Gasteiger partial charge in [-0.15, -0.1) is 0 Å². The summed E-state index contributed by atoms with van der Waals surface area (Å²) in [6.07, 6.45) is 1.61. The SMILES string of the molecule is CC(C)N(C)C(=O)CN1CCC(C(=O)Nc2ccccc2)CC1. The van der Waals surface area contributed by atoms with E-state index in [-0.39, 0.29) is 23.8 Å². The number of rotatable bonds is 5. The van der Waals surface area contributed by atoms with Gasteiger partial charge in [-0.25, -0.2) is 0 Å². The van der Waals surface area contributed by atoms with Crippen molar-refractivity contribution in [1.82, 2.24) is 9.80 Å². The summed E-state index contributed by atoms with van der Waals surface area (Å²) in [5.74, 6) is 0.262. The average molecular weight is 317 g/mol. The van der Waals surface area contributed by atoms with Crippen LogP contribution in [-0.2, 0) is 9.59 Å². The van der Waals surface area contributed by atoms with Gasteiger partial charge in [-0.3, -0.25) is 14.5 Å². The highest BCUT2D eigenvalue weighted by atomic mass is 16.2. The average Bonchev–Trinajstić information content (AvgIpc) is 2.55. The van der Waals surface area contributed by atoms with E-state index in [1.54, 1.807) is 4.90 Å². The molecule has 1 aromatic carbocycles. The van der Waals surface area contributed by atoms with Gasteiger partial charge in [0.2, 0.25) is 11.8 Å². The molecule has 1 aromatic rings. The van der Waals surface area contributed by atoms with Gasteiger partial charge < -0.3 is 10.2 Å². The molecule has 1 aliphatic heterocycles. The van der Waals surface area contributed by atoms with Gasteiger partial charge in [0.25, 0.3) is 0 Å². The second-order valence-corrected chi connectivity index (χ2v) is 6.50. The molecular weight excluding hydrogens is 290 g/mol. The zero-order valence-electron chi connectivity index (χ0n) is 14.3. The molecule has 0 spiro atoms. The summed E-state index contributed by atoms with van der Waals surface area (Å²) in [5, 5.41) is 2.97. The molecule has 0 aromatic heterocycles. The second-order valence-electron chi connectivity index (χ2n) is 6.50. The molecule has 126 valence electrons. The van der Waals surface area contributed by atoms with Gasteiger partial charge in [0, 0.05) is 24.7 Å². The third-order valence-corrected chi connectivity index (χ3v) is 4.53. The van der Waals surface area contributed by atoms with Crippen LogP contribution in [0.2, 0.25) is 0 Å². The normalized spacial score (nSPS) is 16.3. The maximum Gasteiger partial charge on any atom is 0.236 e. The molecule has 0 radical (unpaired) electrons. The Kier molecular flexibility index (Phi) is 6.16. The number of benzene rings is 1. The summed E-state index contributed by atoms with van der Waals surface area (Å²) in [6.45, 7) is 6.06. The molecule has 2 amide bonds. The van der Waals surface area contributed by atoms with Gasteiger partial charge in [-0.1, -0.05) is 18.2 Å². The topological polar surface area (TPSA) is 52.7 Å². The van der Waals surface area contributed by atoms with E-state index < -0.39 is 0 Å². The van der Waals surface area contributed by atoms with Gasteiger partial charge >= 0.3 is 0 Å². The van der Waals surface area contributed by atoms with Crippen LogP contribution in [0.5, 0.6) is 0 Å². The first kappa shape index (κ1) is 17.5. The van der Waals surface area contributed by atoms with Crippen molar-refractivity contribution in [2.24, 2.45) is 5.92 Å². The van der Waals surface area contributed by atoms with Crippen LogP contribution in [-0.4, -0.2) is 54.3 Å². The lowest BCUT2D eigenvalue weighted by atomic mass is 9.95. The Balaban J connectivity index is 1.77.